The van der Waals surface area contributed by atoms with Gasteiger partial charge in [-0.1, -0.05) is 63.0 Å². The van der Waals surface area contributed by atoms with Crippen LogP contribution in [0.5, 0.6) is 0 Å². The molecular weight excluding hydrogens is 340 g/mol. The molecule has 100 valence electrons. The van der Waals surface area contributed by atoms with E-state index < -0.39 is 0 Å². The van der Waals surface area contributed by atoms with Crippen LogP contribution in [0.4, 0.5) is 5.88 Å². The molecule has 3 nitrogen and oxygen atoms in total. The molecule has 3 rings (SSSR count). The van der Waals surface area contributed by atoms with Crippen molar-refractivity contribution < 1.29 is 4.52 Å². The Kier molecular flexibility index (Phi) is 3.51. The van der Waals surface area contributed by atoms with E-state index in [9.17, 15) is 0 Å². The van der Waals surface area contributed by atoms with Crippen LogP contribution in [-0.4, -0.2) is 5.16 Å². The molecule has 2 aromatic carbocycles. The van der Waals surface area contributed by atoms with E-state index in [-0.39, 0.29) is 5.88 Å². The van der Waals surface area contributed by atoms with E-state index >= 15 is 0 Å². The van der Waals surface area contributed by atoms with Crippen molar-refractivity contribution in [2.75, 3.05) is 5.73 Å². The van der Waals surface area contributed by atoms with Gasteiger partial charge in [-0.15, -0.1) is 0 Å². The van der Waals surface area contributed by atoms with Crippen molar-refractivity contribution in [1.82, 2.24) is 5.16 Å². The molecule has 2 N–H and O–H groups in total. The Hall–Kier alpha value is -1.78. The predicted molar refractivity (Wildman–Crippen MR) is 84.5 cm³/mol. The number of nitrogens with two attached hydrogens (primary N) is 1. The highest BCUT2D eigenvalue weighted by Crippen LogP contribution is 2.39. The van der Waals surface area contributed by atoms with Gasteiger partial charge in [0, 0.05) is 10.0 Å². The standard InChI is InChI=1S/C15H10BrClN2O/c16-10-5-3-4-9(8-10)13-14(19-20-15(13)18)11-6-1-2-7-12(11)17/h1-8H,18H2. The van der Waals surface area contributed by atoms with Gasteiger partial charge < -0.3 is 10.3 Å². The molecule has 20 heavy (non-hydrogen) atoms. The molecule has 0 unspecified atom stereocenters. The number of anilines is 1. The van der Waals surface area contributed by atoms with Crippen molar-refractivity contribution in [3.8, 4) is 22.4 Å². The fourth-order valence-electron chi connectivity index (χ4n) is 2.06. The Morgan fingerprint density at radius 1 is 1.10 bits per heavy atom. The van der Waals surface area contributed by atoms with Crippen molar-refractivity contribution in [2.24, 2.45) is 0 Å². The van der Waals surface area contributed by atoms with Gasteiger partial charge in [0.05, 0.1) is 10.6 Å². The van der Waals surface area contributed by atoms with Crippen LogP contribution in [0, 0.1) is 0 Å². The number of nitrogens with zero attached hydrogens (tertiary/aromatic N) is 1. The van der Waals surface area contributed by atoms with Gasteiger partial charge in [-0.2, -0.15) is 0 Å². The summed E-state index contributed by atoms with van der Waals surface area (Å²) < 4.78 is 6.11. The zero-order valence-corrected chi connectivity index (χ0v) is 12.6. The highest BCUT2D eigenvalue weighted by Gasteiger charge is 2.19. The molecule has 0 saturated carbocycles. The maximum atomic E-state index is 6.23. The van der Waals surface area contributed by atoms with Gasteiger partial charge >= 0.3 is 0 Å². The lowest BCUT2D eigenvalue weighted by atomic mass is 10.0. The van der Waals surface area contributed by atoms with Gasteiger partial charge in [-0.3, -0.25) is 0 Å². The Labute approximate surface area is 129 Å². The van der Waals surface area contributed by atoms with Gasteiger partial charge in [0.25, 0.3) is 0 Å². The summed E-state index contributed by atoms with van der Waals surface area (Å²) in [5.74, 6) is 0.276. The minimum Gasteiger partial charge on any atom is -0.367 e. The summed E-state index contributed by atoms with van der Waals surface area (Å²) in [7, 11) is 0. The molecule has 0 atom stereocenters. The minimum absolute atomic E-state index is 0.276. The molecule has 0 aliphatic rings. The molecule has 3 aromatic rings. The Morgan fingerprint density at radius 3 is 2.65 bits per heavy atom. The predicted octanol–water partition coefficient (Wildman–Crippen LogP) is 5.01. The van der Waals surface area contributed by atoms with Crippen molar-refractivity contribution >= 4 is 33.4 Å². The fourth-order valence-corrected chi connectivity index (χ4v) is 2.69. The summed E-state index contributed by atoms with van der Waals surface area (Å²) in [4.78, 5) is 0. The maximum Gasteiger partial charge on any atom is 0.230 e. The lowest BCUT2D eigenvalue weighted by molar-refractivity contribution is 0.439. The van der Waals surface area contributed by atoms with Gasteiger partial charge in [0.1, 0.15) is 5.69 Å². The summed E-state index contributed by atoms with van der Waals surface area (Å²) in [6.07, 6.45) is 0. The van der Waals surface area contributed by atoms with Crippen molar-refractivity contribution in [3.05, 3.63) is 58.0 Å². The fraction of sp³-hybridized carbons (Fsp3) is 0. The topological polar surface area (TPSA) is 52.0 Å². The first kappa shape index (κ1) is 13.2. The minimum atomic E-state index is 0.276. The summed E-state index contributed by atoms with van der Waals surface area (Å²) >= 11 is 9.68. The third-order valence-electron chi connectivity index (χ3n) is 2.96. The number of rotatable bonds is 2. The van der Waals surface area contributed by atoms with Crippen molar-refractivity contribution in [1.29, 1.82) is 0 Å². The Morgan fingerprint density at radius 2 is 1.90 bits per heavy atom. The van der Waals surface area contributed by atoms with Crippen LogP contribution in [0.25, 0.3) is 22.4 Å². The van der Waals surface area contributed by atoms with Gasteiger partial charge in [0.15, 0.2) is 0 Å². The van der Waals surface area contributed by atoms with Crippen LogP contribution in [0.1, 0.15) is 0 Å². The van der Waals surface area contributed by atoms with Crippen LogP contribution in [-0.2, 0) is 0 Å². The molecule has 0 aliphatic heterocycles. The van der Waals surface area contributed by atoms with E-state index in [1.165, 1.54) is 0 Å². The van der Waals surface area contributed by atoms with E-state index in [1.807, 2.05) is 48.5 Å². The third-order valence-corrected chi connectivity index (χ3v) is 3.78. The molecule has 0 amide bonds. The van der Waals surface area contributed by atoms with Crippen molar-refractivity contribution in [2.45, 2.75) is 0 Å². The largest absolute Gasteiger partial charge is 0.367 e. The molecular formula is C15H10BrClN2O. The summed E-state index contributed by atoms with van der Waals surface area (Å²) in [6, 6.07) is 15.3. The second-order valence-corrected chi connectivity index (χ2v) is 5.58. The SMILES string of the molecule is Nc1onc(-c2ccccc2Cl)c1-c1cccc(Br)c1. The van der Waals surface area contributed by atoms with E-state index in [2.05, 4.69) is 21.1 Å². The number of aromatic nitrogens is 1. The highest BCUT2D eigenvalue weighted by atomic mass is 79.9. The van der Waals surface area contributed by atoms with Crippen LogP contribution >= 0.6 is 27.5 Å². The third kappa shape index (κ3) is 2.32. The lowest BCUT2D eigenvalue weighted by Crippen LogP contribution is -1.88. The van der Waals surface area contributed by atoms with E-state index in [0.717, 1.165) is 21.2 Å². The average molecular weight is 350 g/mol. The second kappa shape index (κ2) is 5.31. The second-order valence-electron chi connectivity index (χ2n) is 4.26. The number of hydrogen-bond acceptors (Lipinski definition) is 3. The number of benzene rings is 2. The van der Waals surface area contributed by atoms with Gasteiger partial charge in [0.2, 0.25) is 5.88 Å². The quantitative estimate of drug-likeness (QED) is 0.708. The van der Waals surface area contributed by atoms with E-state index in [1.54, 1.807) is 0 Å². The number of hydrogen-bond donors (Lipinski definition) is 1. The van der Waals surface area contributed by atoms with E-state index in [0.29, 0.717) is 10.7 Å². The van der Waals surface area contributed by atoms with Gasteiger partial charge in [-0.05, 0) is 23.8 Å². The zero-order chi connectivity index (χ0) is 14.1. The summed E-state index contributed by atoms with van der Waals surface area (Å²) in [5.41, 5.74) is 9.04. The molecule has 0 radical (unpaired) electrons. The molecule has 1 aromatic heterocycles. The summed E-state index contributed by atoms with van der Waals surface area (Å²) in [6.45, 7) is 0. The Balaban J connectivity index is 2.23. The molecule has 0 spiro atoms. The normalized spacial score (nSPS) is 10.7. The van der Waals surface area contributed by atoms with Gasteiger partial charge in [-0.25, -0.2) is 0 Å². The number of halogens is 2. The zero-order valence-electron chi connectivity index (χ0n) is 10.3. The smallest absolute Gasteiger partial charge is 0.230 e. The molecule has 0 fully saturated rings. The van der Waals surface area contributed by atoms with Crippen LogP contribution < -0.4 is 5.73 Å². The highest BCUT2D eigenvalue weighted by molar-refractivity contribution is 9.10. The molecule has 1 heterocycles. The van der Waals surface area contributed by atoms with E-state index in [4.69, 9.17) is 21.9 Å². The molecule has 5 heteroatoms. The van der Waals surface area contributed by atoms with Crippen LogP contribution in [0.15, 0.2) is 57.5 Å². The lowest BCUT2D eigenvalue weighted by Gasteiger charge is -2.05. The first-order valence-corrected chi connectivity index (χ1v) is 7.10. The average Bonchev–Trinajstić information content (AvgIpc) is 2.81. The monoisotopic (exact) mass is 348 g/mol. The van der Waals surface area contributed by atoms with Crippen LogP contribution in [0.3, 0.4) is 0 Å². The molecule has 0 saturated heterocycles. The Bertz CT molecular complexity index is 770. The number of nitrogen functional groups attached to an aromatic ring is 1. The molecule has 0 bridgehead atoms. The first-order valence-electron chi connectivity index (χ1n) is 5.93. The van der Waals surface area contributed by atoms with Crippen LogP contribution in [0.2, 0.25) is 5.02 Å². The van der Waals surface area contributed by atoms with Crippen molar-refractivity contribution in [3.63, 3.8) is 0 Å². The maximum absolute atomic E-state index is 6.23. The summed E-state index contributed by atoms with van der Waals surface area (Å²) in [5, 5.41) is 4.66. The first-order chi connectivity index (χ1) is 9.66. The molecule has 0 aliphatic carbocycles.